The Morgan fingerprint density at radius 1 is 1.17 bits per heavy atom. The van der Waals surface area contributed by atoms with Gasteiger partial charge in [-0.25, -0.2) is 4.39 Å². The first-order valence-electron chi connectivity index (χ1n) is 6.74. The van der Waals surface area contributed by atoms with Crippen LogP contribution in [0.5, 0.6) is 0 Å². The molecule has 1 aromatic carbocycles. The maximum Gasteiger partial charge on any atom is 0.123 e. The van der Waals surface area contributed by atoms with Gasteiger partial charge >= 0.3 is 0 Å². The van der Waals surface area contributed by atoms with Crippen LogP contribution in [0.4, 0.5) is 10.1 Å². The Bertz CT molecular complexity index is 339. The first-order chi connectivity index (χ1) is 8.59. The molecule has 0 aromatic heterocycles. The molecular weight excluding hydrogens is 229 g/mol. The van der Waals surface area contributed by atoms with E-state index in [9.17, 15) is 9.50 Å². The molecule has 2 N–H and O–H groups in total. The van der Waals surface area contributed by atoms with Crippen LogP contribution in [0.3, 0.4) is 0 Å². The Hall–Kier alpha value is -1.09. The third-order valence-electron chi connectivity index (χ3n) is 3.22. The van der Waals surface area contributed by atoms with Crippen molar-refractivity contribution >= 4 is 5.69 Å². The Morgan fingerprint density at radius 2 is 1.83 bits per heavy atom. The van der Waals surface area contributed by atoms with E-state index in [0.29, 0.717) is 0 Å². The van der Waals surface area contributed by atoms with Crippen molar-refractivity contribution in [1.82, 2.24) is 0 Å². The number of aliphatic hydroxyl groups is 1. The van der Waals surface area contributed by atoms with Crippen molar-refractivity contribution in [3.05, 3.63) is 30.1 Å². The van der Waals surface area contributed by atoms with Gasteiger partial charge in [-0.1, -0.05) is 32.6 Å². The van der Waals surface area contributed by atoms with E-state index in [0.717, 1.165) is 18.5 Å². The number of anilines is 1. The van der Waals surface area contributed by atoms with Gasteiger partial charge in [0.2, 0.25) is 0 Å². The van der Waals surface area contributed by atoms with E-state index >= 15 is 0 Å². The summed E-state index contributed by atoms with van der Waals surface area (Å²) in [6, 6.07) is 6.26. The molecule has 1 rings (SSSR count). The number of hydrogen-bond donors (Lipinski definition) is 2. The first kappa shape index (κ1) is 15.0. The third-order valence-corrected chi connectivity index (χ3v) is 3.22. The minimum absolute atomic E-state index is 0.0799. The van der Waals surface area contributed by atoms with Gasteiger partial charge in [-0.2, -0.15) is 0 Å². The van der Waals surface area contributed by atoms with Crippen LogP contribution >= 0.6 is 0 Å². The lowest BCUT2D eigenvalue weighted by Gasteiger charge is -2.30. The summed E-state index contributed by atoms with van der Waals surface area (Å²) < 4.78 is 12.8. The molecule has 0 spiro atoms. The van der Waals surface area contributed by atoms with Crippen molar-refractivity contribution in [2.45, 2.75) is 51.5 Å². The lowest BCUT2D eigenvalue weighted by atomic mass is 9.94. The monoisotopic (exact) mass is 253 g/mol. The van der Waals surface area contributed by atoms with Gasteiger partial charge in [-0.15, -0.1) is 0 Å². The van der Waals surface area contributed by atoms with Gasteiger partial charge in [0.15, 0.2) is 0 Å². The topological polar surface area (TPSA) is 32.3 Å². The minimum Gasteiger partial charge on any atom is -0.394 e. The molecule has 1 unspecified atom stereocenters. The highest BCUT2D eigenvalue weighted by molar-refractivity contribution is 5.45. The van der Waals surface area contributed by atoms with Gasteiger partial charge < -0.3 is 10.4 Å². The Labute approximate surface area is 109 Å². The molecule has 0 fully saturated rings. The summed E-state index contributed by atoms with van der Waals surface area (Å²) in [6.07, 6.45) is 5.65. The molecule has 0 amide bonds. The van der Waals surface area contributed by atoms with Crippen LogP contribution in [-0.4, -0.2) is 17.3 Å². The minimum atomic E-state index is -0.328. The highest BCUT2D eigenvalue weighted by Crippen LogP contribution is 2.21. The maximum absolute atomic E-state index is 12.8. The second kappa shape index (κ2) is 7.37. The van der Waals surface area contributed by atoms with Gasteiger partial charge in [-0.3, -0.25) is 0 Å². The molecule has 0 saturated heterocycles. The summed E-state index contributed by atoms with van der Waals surface area (Å²) in [4.78, 5) is 0. The largest absolute Gasteiger partial charge is 0.394 e. The standard InChI is InChI=1S/C15H24FNO/c1-3-4-5-6-11-15(2,12-18)17-14-9-7-13(16)8-10-14/h7-10,17-18H,3-6,11-12H2,1-2H3. The lowest BCUT2D eigenvalue weighted by Crippen LogP contribution is -2.38. The molecule has 0 aliphatic heterocycles. The van der Waals surface area contributed by atoms with Crippen LogP contribution in [0.1, 0.15) is 46.0 Å². The fourth-order valence-electron chi connectivity index (χ4n) is 2.00. The predicted molar refractivity (Wildman–Crippen MR) is 74.3 cm³/mol. The molecule has 102 valence electrons. The summed E-state index contributed by atoms with van der Waals surface area (Å²) in [6.45, 7) is 4.26. The molecular formula is C15H24FNO. The average Bonchev–Trinajstić information content (AvgIpc) is 2.38. The molecule has 0 aliphatic carbocycles. The zero-order chi connectivity index (χ0) is 13.4. The van der Waals surface area contributed by atoms with Gasteiger partial charge in [0.1, 0.15) is 5.82 Å². The normalized spacial score (nSPS) is 14.2. The van der Waals surface area contributed by atoms with Gasteiger partial charge in [0, 0.05) is 5.69 Å². The number of unbranched alkanes of at least 4 members (excludes halogenated alkanes) is 3. The van der Waals surface area contributed by atoms with Gasteiger partial charge in [0.05, 0.1) is 12.1 Å². The van der Waals surface area contributed by atoms with Crippen LogP contribution < -0.4 is 5.32 Å². The fraction of sp³-hybridized carbons (Fsp3) is 0.600. The quantitative estimate of drug-likeness (QED) is 0.687. The lowest BCUT2D eigenvalue weighted by molar-refractivity contribution is 0.211. The average molecular weight is 253 g/mol. The van der Waals surface area contributed by atoms with E-state index in [1.165, 1.54) is 31.4 Å². The molecule has 0 radical (unpaired) electrons. The zero-order valence-corrected chi connectivity index (χ0v) is 11.4. The van der Waals surface area contributed by atoms with Gasteiger partial charge in [-0.05, 0) is 37.6 Å². The smallest absolute Gasteiger partial charge is 0.123 e. The number of benzene rings is 1. The van der Waals surface area contributed by atoms with Crippen molar-refractivity contribution in [1.29, 1.82) is 0 Å². The van der Waals surface area contributed by atoms with Crippen LogP contribution in [0.25, 0.3) is 0 Å². The molecule has 2 nitrogen and oxygen atoms in total. The van der Waals surface area contributed by atoms with E-state index in [1.807, 2.05) is 6.92 Å². The van der Waals surface area contributed by atoms with Crippen molar-refractivity contribution in [3.8, 4) is 0 Å². The second-order valence-electron chi connectivity index (χ2n) is 5.16. The molecule has 1 aromatic rings. The Kier molecular flexibility index (Phi) is 6.13. The van der Waals surface area contributed by atoms with Crippen molar-refractivity contribution in [2.75, 3.05) is 11.9 Å². The summed E-state index contributed by atoms with van der Waals surface area (Å²) in [5, 5.41) is 12.8. The Balaban J connectivity index is 2.50. The zero-order valence-electron chi connectivity index (χ0n) is 11.4. The van der Waals surface area contributed by atoms with Crippen LogP contribution in [0, 0.1) is 5.82 Å². The molecule has 3 heteroatoms. The van der Waals surface area contributed by atoms with Gasteiger partial charge in [0.25, 0.3) is 0 Å². The van der Waals surface area contributed by atoms with Crippen molar-refractivity contribution in [3.63, 3.8) is 0 Å². The molecule has 0 saturated carbocycles. The van der Waals surface area contributed by atoms with Crippen LogP contribution in [-0.2, 0) is 0 Å². The van der Waals surface area contributed by atoms with E-state index in [-0.39, 0.29) is 18.0 Å². The van der Waals surface area contributed by atoms with Crippen LogP contribution in [0.15, 0.2) is 24.3 Å². The van der Waals surface area contributed by atoms with Crippen molar-refractivity contribution < 1.29 is 9.50 Å². The molecule has 0 bridgehead atoms. The summed E-state index contributed by atoms with van der Waals surface area (Å²) >= 11 is 0. The van der Waals surface area contributed by atoms with Crippen molar-refractivity contribution in [2.24, 2.45) is 0 Å². The van der Waals surface area contributed by atoms with E-state index in [1.54, 1.807) is 12.1 Å². The molecule has 0 aliphatic rings. The first-order valence-corrected chi connectivity index (χ1v) is 6.74. The predicted octanol–water partition coefficient (Wildman–Crippen LogP) is 3.96. The number of halogens is 1. The molecule has 0 heterocycles. The molecule has 1 atom stereocenters. The highest BCUT2D eigenvalue weighted by Gasteiger charge is 2.22. The number of nitrogens with one attached hydrogen (secondary N) is 1. The summed E-state index contributed by atoms with van der Waals surface area (Å²) in [7, 11) is 0. The van der Waals surface area contributed by atoms with Crippen LogP contribution in [0.2, 0.25) is 0 Å². The Morgan fingerprint density at radius 3 is 2.39 bits per heavy atom. The summed E-state index contributed by atoms with van der Waals surface area (Å²) in [5.41, 5.74) is 0.523. The van der Waals surface area contributed by atoms with E-state index < -0.39 is 0 Å². The van der Waals surface area contributed by atoms with E-state index in [2.05, 4.69) is 12.2 Å². The second-order valence-corrected chi connectivity index (χ2v) is 5.16. The maximum atomic E-state index is 12.8. The number of hydrogen-bond acceptors (Lipinski definition) is 2. The molecule has 18 heavy (non-hydrogen) atoms. The number of aliphatic hydroxyl groups excluding tert-OH is 1. The number of rotatable bonds is 8. The SMILES string of the molecule is CCCCCCC(C)(CO)Nc1ccc(F)cc1. The van der Waals surface area contributed by atoms with E-state index in [4.69, 9.17) is 0 Å². The highest BCUT2D eigenvalue weighted by atomic mass is 19.1. The fourth-order valence-corrected chi connectivity index (χ4v) is 2.00. The summed E-state index contributed by atoms with van der Waals surface area (Å²) in [5.74, 6) is -0.241. The third kappa shape index (κ3) is 5.05.